The molecule has 1 aliphatic carbocycles. The quantitative estimate of drug-likeness (QED) is 0.902. The molecule has 0 saturated heterocycles. The van der Waals surface area contributed by atoms with Crippen molar-refractivity contribution in [2.75, 3.05) is 11.9 Å². The van der Waals surface area contributed by atoms with E-state index in [1.54, 1.807) is 0 Å². The number of nitrogens with two attached hydrogens (primary N) is 1. The number of amides is 1. The van der Waals surface area contributed by atoms with E-state index in [0.29, 0.717) is 6.54 Å². The third-order valence-electron chi connectivity index (χ3n) is 3.87. The maximum atomic E-state index is 12.4. The molecular weight excluding hydrogens is 283 g/mol. The zero-order valence-electron chi connectivity index (χ0n) is 11.5. The molecule has 1 heterocycles. The Kier molecular flexibility index (Phi) is 4.82. The summed E-state index contributed by atoms with van der Waals surface area (Å²) in [5.74, 6) is -0.223. The number of hydrogen-bond donors (Lipinski definition) is 2. The van der Waals surface area contributed by atoms with Gasteiger partial charge in [0, 0.05) is 5.92 Å². The van der Waals surface area contributed by atoms with E-state index in [1.807, 2.05) is 0 Å². The Bertz CT molecular complexity index is 487. The molecule has 1 fully saturated rings. The van der Waals surface area contributed by atoms with E-state index in [0.717, 1.165) is 37.9 Å². The van der Waals surface area contributed by atoms with Crippen molar-refractivity contribution in [3.63, 3.8) is 0 Å². The number of aromatic nitrogens is 1. The maximum Gasteiger partial charge on any atom is 0.433 e. The smallest absolute Gasteiger partial charge is 0.330 e. The van der Waals surface area contributed by atoms with E-state index >= 15 is 0 Å². The fourth-order valence-electron chi connectivity index (χ4n) is 2.71. The standard InChI is InChI=1S/C14H18F3N3O/c15-14(16,17)12-6-5-10(8-19-12)20-13(21)11-4-2-1-3-9(11)7-18/h5-6,8-9,11H,1-4,7,18H2,(H,20,21). The molecule has 4 nitrogen and oxygen atoms in total. The van der Waals surface area contributed by atoms with Gasteiger partial charge in [-0.1, -0.05) is 12.8 Å². The summed E-state index contributed by atoms with van der Waals surface area (Å²) in [7, 11) is 0. The molecule has 2 rings (SSSR count). The second-order valence-electron chi connectivity index (χ2n) is 5.31. The van der Waals surface area contributed by atoms with Crippen LogP contribution in [0.4, 0.5) is 18.9 Å². The lowest BCUT2D eigenvalue weighted by Gasteiger charge is -2.29. The maximum absolute atomic E-state index is 12.4. The summed E-state index contributed by atoms with van der Waals surface area (Å²) in [6.07, 6.45) is 0.270. The topological polar surface area (TPSA) is 68.0 Å². The molecule has 1 aromatic rings. The number of pyridine rings is 1. The van der Waals surface area contributed by atoms with Crippen molar-refractivity contribution in [1.82, 2.24) is 4.98 Å². The van der Waals surface area contributed by atoms with Crippen molar-refractivity contribution < 1.29 is 18.0 Å². The molecule has 1 aliphatic rings. The van der Waals surface area contributed by atoms with Crippen molar-refractivity contribution >= 4 is 11.6 Å². The van der Waals surface area contributed by atoms with Gasteiger partial charge in [-0.25, -0.2) is 4.98 Å². The van der Waals surface area contributed by atoms with Crippen LogP contribution in [0.5, 0.6) is 0 Å². The molecule has 1 saturated carbocycles. The van der Waals surface area contributed by atoms with Crippen LogP contribution in [0, 0.1) is 11.8 Å². The van der Waals surface area contributed by atoms with E-state index in [4.69, 9.17) is 5.73 Å². The van der Waals surface area contributed by atoms with Gasteiger partial charge < -0.3 is 11.1 Å². The first kappa shape index (κ1) is 15.8. The summed E-state index contributed by atoms with van der Waals surface area (Å²) < 4.78 is 37.2. The average Bonchev–Trinajstić information content (AvgIpc) is 2.46. The van der Waals surface area contributed by atoms with Crippen molar-refractivity contribution in [1.29, 1.82) is 0 Å². The molecular formula is C14H18F3N3O. The lowest BCUT2D eigenvalue weighted by atomic mass is 9.79. The molecule has 0 radical (unpaired) electrons. The summed E-state index contributed by atoms with van der Waals surface area (Å²) >= 11 is 0. The SMILES string of the molecule is NCC1CCCCC1C(=O)Nc1ccc(C(F)(F)F)nc1. The molecule has 2 atom stereocenters. The number of anilines is 1. The van der Waals surface area contributed by atoms with Crippen LogP contribution in [-0.2, 0) is 11.0 Å². The number of carbonyl (C=O) groups is 1. The lowest BCUT2D eigenvalue weighted by Crippen LogP contribution is -2.35. The van der Waals surface area contributed by atoms with Crippen molar-refractivity contribution in [2.24, 2.45) is 17.6 Å². The zero-order chi connectivity index (χ0) is 15.5. The Balaban J connectivity index is 2.02. The van der Waals surface area contributed by atoms with Gasteiger partial charge in [0.1, 0.15) is 5.69 Å². The molecule has 21 heavy (non-hydrogen) atoms. The van der Waals surface area contributed by atoms with Crippen LogP contribution in [0.2, 0.25) is 0 Å². The summed E-state index contributed by atoms with van der Waals surface area (Å²) in [5, 5.41) is 2.63. The molecule has 0 bridgehead atoms. The van der Waals surface area contributed by atoms with Crippen LogP contribution in [0.25, 0.3) is 0 Å². The Hall–Kier alpha value is -1.63. The highest BCUT2D eigenvalue weighted by Crippen LogP contribution is 2.31. The van der Waals surface area contributed by atoms with Crippen LogP contribution in [-0.4, -0.2) is 17.4 Å². The molecule has 2 unspecified atom stereocenters. The second kappa shape index (κ2) is 6.43. The molecule has 1 aromatic heterocycles. The van der Waals surface area contributed by atoms with Crippen LogP contribution < -0.4 is 11.1 Å². The highest BCUT2D eigenvalue weighted by Gasteiger charge is 2.33. The molecule has 0 aromatic carbocycles. The van der Waals surface area contributed by atoms with Crippen molar-refractivity contribution in [3.05, 3.63) is 24.0 Å². The second-order valence-corrected chi connectivity index (χ2v) is 5.31. The number of alkyl halides is 3. The van der Waals surface area contributed by atoms with Crippen molar-refractivity contribution in [2.45, 2.75) is 31.9 Å². The minimum absolute atomic E-state index is 0.140. The Morgan fingerprint density at radius 2 is 2.05 bits per heavy atom. The van der Waals surface area contributed by atoms with Gasteiger partial charge in [-0.15, -0.1) is 0 Å². The molecule has 0 aliphatic heterocycles. The third-order valence-corrected chi connectivity index (χ3v) is 3.87. The molecule has 3 N–H and O–H groups in total. The van der Waals surface area contributed by atoms with Crippen LogP contribution in [0.15, 0.2) is 18.3 Å². The number of halogens is 3. The number of carbonyl (C=O) groups excluding carboxylic acids is 1. The average molecular weight is 301 g/mol. The molecule has 1 amide bonds. The van der Waals surface area contributed by atoms with E-state index in [1.165, 1.54) is 6.07 Å². The first-order valence-corrected chi connectivity index (χ1v) is 6.96. The Labute approximate surface area is 120 Å². The number of nitrogens with zero attached hydrogens (tertiary/aromatic N) is 1. The van der Waals surface area contributed by atoms with E-state index in [9.17, 15) is 18.0 Å². The fourth-order valence-corrected chi connectivity index (χ4v) is 2.71. The summed E-state index contributed by atoms with van der Waals surface area (Å²) in [6.45, 7) is 0.448. The summed E-state index contributed by atoms with van der Waals surface area (Å²) in [4.78, 5) is 15.5. The van der Waals surface area contributed by atoms with E-state index in [2.05, 4.69) is 10.3 Å². The predicted octanol–water partition coefficient (Wildman–Crippen LogP) is 2.80. The van der Waals surface area contributed by atoms with E-state index in [-0.39, 0.29) is 23.4 Å². The molecule has 0 spiro atoms. The van der Waals surface area contributed by atoms with Gasteiger partial charge in [0.2, 0.25) is 5.91 Å². The van der Waals surface area contributed by atoms with Crippen molar-refractivity contribution in [3.8, 4) is 0 Å². The highest BCUT2D eigenvalue weighted by molar-refractivity contribution is 5.92. The lowest BCUT2D eigenvalue weighted by molar-refractivity contribution is -0.141. The van der Waals surface area contributed by atoms with Gasteiger partial charge in [0.05, 0.1) is 11.9 Å². The van der Waals surface area contributed by atoms with Crippen LogP contribution in [0.3, 0.4) is 0 Å². The van der Waals surface area contributed by atoms with Gasteiger partial charge in [-0.2, -0.15) is 13.2 Å². The highest BCUT2D eigenvalue weighted by atomic mass is 19.4. The van der Waals surface area contributed by atoms with Gasteiger partial charge >= 0.3 is 6.18 Å². The molecule has 7 heteroatoms. The first-order valence-electron chi connectivity index (χ1n) is 6.96. The van der Waals surface area contributed by atoms with E-state index < -0.39 is 11.9 Å². The minimum Gasteiger partial charge on any atom is -0.330 e. The molecule has 116 valence electrons. The third kappa shape index (κ3) is 3.93. The predicted molar refractivity (Wildman–Crippen MR) is 72.4 cm³/mol. The van der Waals surface area contributed by atoms with Gasteiger partial charge in [0.25, 0.3) is 0 Å². The van der Waals surface area contributed by atoms with Crippen LogP contribution >= 0.6 is 0 Å². The first-order chi connectivity index (χ1) is 9.91. The zero-order valence-corrected chi connectivity index (χ0v) is 11.5. The van der Waals surface area contributed by atoms with Gasteiger partial charge in [0.15, 0.2) is 0 Å². The van der Waals surface area contributed by atoms with Crippen LogP contribution in [0.1, 0.15) is 31.4 Å². The minimum atomic E-state index is -4.48. The van der Waals surface area contributed by atoms with Gasteiger partial charge in [-0.05, 0) is 37.4 Å². The monoisotopic (exact) mass is 301 g/mol. The number of nitrogens with one attached hydrogen (secondary N) is 1. The summed E-state index contributed by atoms with van der Waals surface area (Å²) in [5.41, 5.74) is 4.97. The Morgan fingerprint density at radius 1 is 1.33 bits per heavy atom. The fraction of sp³-hybridized carbons (Fsp3) is 0.571. The summed E-state index contributed by atoms with van der Waals surface area (Å²) in [6, 6.07) is 2.07. The Morgan fingerprint density at radius 3 is 2.62 bits per heavy atom. The number of hydrogen-bond acceptors (Lipinski definition) is 3. The number of rotatable bonds is 3. The normalized spacial score (nSPS) is 22.9. The van der Waals surface area contributed by atoms with Gasteiger partial charge in [-0.3, -0.25) is 4.79 Å². The largest absolute Gasteiger partial charge is 0.433 e.